The number of halogens is 2. The molecule has 3 aromatic carbocycles. The van der Waals surface area contributed by atoms with E-state index >= 15 is 0 Å². The Morgan fingerprint density at radius 1 is 0.862 bits per heavy atom. The molecule has 0 N–H and O–H groups in total. The molecule has 0 bridgehead atoms. The number of esters is 1. The van der Waals surface area contributed by atoms with Gasteiger partial charge in [0, 0.05) is 10.0 Å². The highest BCUT2D eigenvalue weighted by molar-refractivity contribution is 6.91. The Hall–Kier alpha value is -2.07. The molecule has 0 radical (unpaired) electrons. The highest BCUT2D eigenvalue weighted by atomic mass is 35.5. The van der Waals surface area contributed by atoms with Crippen molar-refractivity contribution < 1.29 is 9.53 Å². The van der Waals surface area contributed by atoms with E-state index < -0.39 is 8.07 Å². The van der Waals surface area contributed by atoms with Crippen LogP contribution in [0.1, 0.15) is 28.9 Å². The van der Waals surface area contributed by atoms with E-state index in [1.54, 1.807) is 24.3 Å². The molecule has 0 amide bonds. The van der Waals surface area contributed by atoms with Crippen molar-refractivity contribution in [3.63, 3.8) is 0 Å². The van der Waals surface area contributed by atoms with E-state index in [9.17, 15) is 4.79 Å². The first kappa shape index (κ1) is 21.6. The lowest BCUT2D eigenvalue weighted by atomic mass is 10.1. The molecule has 0 saturated heterocycles. The number of rotatable bonds is 6. The largest absolute Gasteiger partial charge is 0.454 e. The summed E-state index contributed by atoms with van der Waals surface area (Å²) in [7, 11) is -1.96. The average molecular weight is 443 g/mol. The number of hydrogen-bond acceptors (Lipinski definition) is 2. The zero-order valence-corrected chi connectivity index (χ0v) is 19.2. The van der Waals surface area contributed by atoms with Gasteiger partial charge in [0.2, 0.25) is 0 Å². The van der Waals surface area contributed by atoms with Gasteiger partial charge in [0.15, 0.2) is 0 Å². The molecule has 0 heterocycles. The van der Waals surface area contributed by atoms with Gasteiger partial charge in [0.1, 0.15) is 6.10 Å². The maximum Gasteiger partial charge on any atom is 0.338 e. The second-order valence-corrected chi connectivity index (χ2v) is 13.6. The van der Waals surface area contributed by atoms with E-state index in [4.69, 9.17) is 27.9 Å². The van der Waals surface area contributed by atoms with Crippen molar-refractivity contribution in [2.45, 2.75) is 31.7 Å². The maximum absolute atomic E-state index is 12.9. The molecule has 0 aromatic heterocycles. The van der Waals surface area contributed by atoms with E-state index in [-0.39, 0.29) is 17.6 Å². The van der Waals surface area contributed by atoms with Gasteiger partial charge < -0.3 is 4.74 Å². The van der Waals surface area contributed by atoms with Crippen molar-refractivity contribution in [1.82, 2.24) is 0 Å². The molecule has 0 fully saturated rings. The van der Waals surface area contributed by atoms with Crippen LogP contribution in [0, 0.1) is 0 Å². The molecule has 2 atom stereocenters. The van der Waals surface area contributed by atoms with Crippen molar-refractivity contribution in [3.05, 3.63) is 100 Å². The molecule has 3 rings (SSSR count). The fourth-order valence-corrected chi connectivity index (χ4v) is 6.33. The Morgan fingerprint density at radius 3 is 2.14 bits per heavy atom. The van der Waals surface area contributed by atoms with Crippen molar-refractivity contribution in [2.24, 2.45) is 0 Å². The molecular weight excluding hydrogens is 419 g/mol. The number of carbonyl (C=O) groups is 1. The van der Waals surface area contributed by atoms with Crippen LogP contribution in [0.25, 0.3) is 0 Å². The van der Waals surface area contributed by atoms with Gasteiger partial charge in [-0.05, 0) is 41.4 Å². The topological polar surface area (TPSA) is 26.3 Å². The molecule has 150 valence electrons. The molecule has 3 aromatic rings. The summed E-state index contributed by atoms with van der Waals surface area (Å²) in [6.07, 6.45) is -0.388. The minimum atomic E-state index is -1.96. The maximum atomic E-state index is 12.9. The lowest BCUT2D eigenvalue weighted by Gasteiger charge is -2.36. The number of ether oxygens (including phenoxy) is 1. The van der Waals surface area contributed by atoms with Gasteiger partial charge in [-0.25, -0.2) is 4.79 Å². The Labute approximate surface area is 183 Å². The summed E-state index contributed by atoms with van der Waals surface area (Å²) in [6.45, 7) is 6.79. The van der Waals surface area contributed by atoms with Crippen LogP contribution in [0.4, 0.5) is 0 Å². The molecule has 2 nitrogen and oxygen atoms in total. The van der Waals surface area contributed by atoms with Crippen LogP contribution in [0.5, 0.6) is 0 Å². The van der Waals surface area contributed by atoms with E-state index in [1.807, 2.05) is 30.3 Å². The number of carbonyl (C=O) groups excluding carboxylic acids is 1. The summed E-state index contributed by atoms with van der Waals surface area (Å²) >= 11 is 12.1. The van der Waals surface area contributed by atoms with Gasteiger partial charge in [-0.2, -0.15) is 0 Å². The van der Waals surface area contributed by atoms with Gasteiger partial charge >= 0.3 is 5.97 Å². The molecule has 29 heavy (non-hydrogen) atoms. The molecule has 0 aliphatic carbocycles. The van der Waals surface area contributed by atoms with Gasteiger partial charge in [-0.1, -0.05) is 96.9 Å². The van der Waals surface area contributed by atoms with E-state index in [0.29, 0.717) is 15.6 Å². The van der Waals surface area contributed by atoms with Crippen molar-refractivity contribution in [1.29, 1.82) is 0 Å². The first-order valence-corrected chi connectivity index (χ1v) is 13.4. The second-order valence-electron chi connectivity index (χ2n) is 7.76. The summed E-state index contributed by atoms with van der Waals surface area (Å²) in [5.41, 5.74) is 1.52. The van der Waals surface area contributed by atoms with Gasteiger partial charge in [-0.3, -0.25) is 0 Å². The van der Waals surface area contributed by atoms with Crippen LogP contribution < -0.4 is 5.19 Å². The highest BCUT2D eigenvalue weighted by Gasteiger charge is 2.38. The molecule has 5 heteroatoms. The Bertz CT molecular complexity index is 972. The van der Waals surface area contributed by atoms with Gasteiger partial charge in [-0.15, -0.1) is 0 Å². The molecule has 0 aliphatic rings. The first-order chi connectivity index (χ1) is 13.8. The number of benzene rings is 3. The van der Waals surface area contributed by atoms with Crippen LogP contribution >= 0.6 is 23.2 Å². The van der Waals surface area contributed by atoms with Crippen molar-refractivity contribution >= 4 is 42.4 Å². The molecule has 0 spiro atoms. The summed E-state index contributed by atoms with van der Waals surface area (Å²) in [6, 6.07) is 24.9. The molecule has 0 aliphatic heterocycles. The molecule has 2 unspecified atom stereocenters. The first-order valence-electron chi connectivity index (χ1n) is 9.56. The smallest absolute Gasteiger partial charge is 0.338 e. The number of hydrogen-bond donors (Lipinski definition) is 0. The lowest BCUT2D eigenvalue weighted by Crippen LogP contribution is -2.47. The van der Waals surface area contributed by atoms with E-state index in [1.165, 1.54) is 5.19 Å². The van der Waals surface area contributed by atoms with Crippen LogP contribution in [-0.2, 0) is 4.74 Å². The average Bonchev–Trinajstić information content (AvgIpc) is 2.72. The normalized spacial score (nSPS) is 13.6. The third kappa shape index (κ3) is 5.10. The zero-order chi connectivity index (χ0) is 21.0. The molecular formula is C24H24Cl2O2Si. The predicted octanol–water partition coefficient (Wildman–Crippen LogP) is 6.90. The van der Waals surface area contributed by atoms with Crippen LogP contribution in [-0.4, -0.2) is 14.0 Å². The van der Waals surface area contributed by atoms with Crippen molar-refractivity contribution in [3.8, 4) is 0 Å². The quantitative estimate of drug-likeness (QED) is 0.306. The Morgan fingerprint density at radius 2 is 1.52 bits per heavy atom. The Kier molecular flexibility index (Phi) is 6.84. The third-order valence-corrected chi connectivity index (χ3v) is 10.5. The van der Waals surface area contributed by atoms with Crippen molar-refractivity contribution in [2.75, 3.05) is 0 Å². The van der Waals surface area contributed by atoms with Crippen LogP contribution in [0.15, 0.2) is 78.9 Å². The third-order valence-electron chi connectivity index (χ3n) is 5.60. The summed E-state index contributed by atoms with van der Waals surface area (Å²) in [5.74, 6) is -0.378. The fraction of sp³-hybridized carbons (Fsp3) is 0.208. The molecule has 0 saturated carbocycles. The summed E-state index contributed by atoms with van der Waals surface area (Å²) < 4.78 is 6.08. The van der Waals surface area contributed by atoms with Crippen LogP contribution in [0.3, 0.4) is 0 Å². The predicted molar refractivity (Wildman–Crippen MR) is 124 cm³/mol. The zero-order valence-electron chi connectivity index (χ0n) is 16.7. The van der Waals surface area contributed by atoms with E-state index in [0.717, 1.165) is 5.56 Å². The van der Waals surface area contributed by atoms with Gasteiger partial charge in [0.05, 0.1) is 13.6 Å². The van der Waals surface area contributed by atoms with Gasteiger partial charge in [0.25, 0.3) is 0 Å². The minimum absolute atomic E-state index is 0.134. The SMILES string of the molecule is CC(C(OC(=O)c1cccc(Cl)c1)c1ccc(Cl)cc1)[Si](C)(C)c1ccccc1. The summed E-state index contributed by atoms with van der Waals surface area (Å²) in [4.78, 5) is 12.9. The summed E-state index contributed by atoms with van der Waals surface area (Å²) in [5, 5.41) is 2.49. The fourth-order valence-electron chi connectivity index (χ4n) is 3.42. The van der Waals surface area contributed by atoms with E-state index in [2.05, 4.69) is 44.3 Å². The lowest BCUT2D eigenvalue weighted by molar-refractivity contribution is 0.0284. The minimum Gasteiger partial charge on any atom is -0.454 e. The standard InChI is InChI=1S/C24H24Cl2O2Si/c1-17(29(2,3)22-10-5-4-6-11-22)23(18-12-14-20(25)15-13-18)28-24(27)19-8-7-9-21(26)16-19/h4-17,23H,1-3H3. The second kappa shape index (κ2) is 9.16. The van der Waals surface area contributed by atoms with Crippen LogP contribution in [0.2, 0.25) is 28.7 Å². The highest BCUT2D eigenvalue weighted by Crippen LogP contribution is 2.38. The Balaban J connectivity index is 1.96. The monoisotopic (exact) mass is 442 g/mol.